The third-order valence-electron chi connectivity index (χ3n) is 3.95. The highest BCUT2D eigenvalue weighted by molar-refractivity contribution is 5.90. The Labute approximate surface area is 175 Å². The van der Waals surface area contributed by atoms with Crippen LogP contribution >= 0.6 is 0 Å². The van der Waals surface area contributed by atoms with Crippen LogP contribution in [0.3, 0.4) is 0 Å². The number of anilines is 1. The zero-order valence-corrected chi connectivity index (χ0v) is 17.8. The second-order valence-corrected chi connectivity index (χ2v) is 5.48. The summed E-state index contributed by atoms with van der Waals surface area (Å²) in [5, 5.41) is 0. The van der Waals surface area contributed by atoms with Gasteiger partial charge in [-0.15, -0.1) is 0 Å². The summed E-state index contributed by atoms with van der Waals surface area (Å²) in [6, 6.07) is 10.6. The summed E-state index contributed by atoms with van der Waals surface area (Å²) in [6.07, 6.45) is 4.72. The van der Waals surface area contributed by atoms with Crippen molar-refractivity contribution in [2.75, 3.05) is 12.8 Å². The smallest absolute Gasteiger partial charge is 0.337 e. The van der Waals surface area contributed by atoms with Crippen molar-refractivity contribution in [3.63, 3.8) is 0 Å². The van der Waals surface area contributed by atoms with Crippen LogP contribution in [0.5, 0.6) is 0 Å². The minimum Gasteiger partial charge on any atom is -0.465 e. The molecule has 2 N–H and O–H groups in total. The molecule has 0 saturated heterocycles. The number of carbonyl (C=O) groups excluding carboxylic acids is 1. The number of aromatic nitrogens is 5. The fourth-order valence-electron chi connectivity index (χ4n) is 2.73. The van der Waals surface area contributed by atoms with E-state index in [9.17, 15) is 4.79 Å². The van der Waals surface area contributed by atoms with E-state index in [1.165, 1.54) is 13.4 Å². The molecule has 4 rings (SSSR count). The molecule has 8 nitrogen and oxygen atoms in total. The molecular weight excluding hydrogens is 380 g/mol. The normalized spacial score (nSPS) is 9.77. The number of carbonyl (C=O) groups is 1. The molecule has 3 heterocycles. The molecule has 0 aliphatic rings. The van der Waals surface area contributed by atoms with Crippen LogP contribution in [-0.4, -0.2) is 37.6 Å². The average Bonchev–Trinajstić information content (AvgIpc) is 3.21. The van der Waals surface area contributed by atoms with E-state index in [0.29, 0.717) is 33.9 Å². The van der Waals surface area contributed by atoms with Crippen LogP contribution in [0.1, 0.15) is 38.1 Å². The van der Waals surface area contributed by atoms with E-state index >= 15 is 0 Å². The maximum Gasteiger partial charge on any atom is 0.337 e. The van der Waals surface area contributed by atoms with E-state index in [2.05, 4.69) is 19.9 Å². The van der Waals surface area contributed by atoms with Crippen LogP contribution in [0.4, 0.5) is 5.82 Å². The van der Waals surface area contributed by atoms with Crippen molar-refractivity contribution >= 4 is 23.0 Å². The quantitative estimate of drug-likeness (QED) is 0.505. The van der Waals surface area contributed by atoms with E-state index < -0.39 is 5.97 Å². The number of benzene rings is 1. The topological polar surface area (TPSA) is 109 Å². The van der Waals surface area contributed by atoms with Gasteiger partial charge in [0.2, 0.25) is 0 Å². The standard InChI is InChI=1S/C18H14N6O2.2C2H6/c1-26-18(25)11-4-6-12(7-5-11)24-16(13-3-2-8-21-15(13)19)23-14-9-20-10-22-17(14)24;2*1-2/h2-10H,1H3,(H2,19,21);2*1-2H3. The summed E-state index contributed by atoms with van der Waals surface area (Å²) in [7, 11) is 1.35. The van der Waals surface area contributed by atoms with Crippen LogP contribution in [0.15, 0.2) is 55.1 Å². The van der Waals surface area contributed by atoms with Gasteiger partial charge in [0.1, 0.15) is 17.7 Å². The van der Waals surface area contributed by atoms with Crippen molar-refractivity contribution in [1.82, 2.24) is 24.5 Å². The average molecular weight is 406 g/mol. The zero-order chi connectivity index (χ0) is 22.1. The SMILES string of the molecule is CC.CC.COC(=O)c1ccc(-n2c(-c3cccnc3N)nc3cncnc32)cc1. The largest absolute Gasteiger partial charge is 0.465 e. The number of rotatable bonds is 3. The lowest BCUT2D eigenvalue weighted by molar-refractivity contribution is 0.0600. The van der Waals surface area contributed by atoms with Crippen LogP contribution in [0.25, 0.3) is 28.2 Å². The minimum absolute atomic E-state index is 0.364. The summed E-state index contributed by atoms with van der Waals surface area (Å²) in [5.41, 5.74) is 9.21. The Morgan fingerprint density at radius 1 is 1.03 bits per heavy atom. The predicted molar refractivity (Wildman–Crippen MR) is 118 cm³/mol. The molecule has 0 saturated carbocycles. The lowest BCUT2D eigenvalue weighted by atomic mass is 10.2. The van der Waals surface area contributed by atoms with E-state index in [1.807, 2.05) is 38.3 Å². The van der Waals surface area contributed by atoms with Gasteiger partial charge >= 0.3 is 5.97 Å². The maximum atomic E-state index is 11.7. The maximum absolute atomic E-state index is 11.7. The second-order valence-electron chi connectivity index (χ2n) is 5.48. The van der Waals surface area contributed by atoms with Crippen LogP contribution < -0.4 is 5.73 Å². The van der Waals surface area contributed by atoms with Crippen molar-refractivity contribution in [3.8, 4) is 17.1 Å². The minimum atomic E-state index is -0.397. The molecule has 0 radical (unpaired) electrons. The molecule has 30 heavy (non-hydrogen) atoms. The van der Waals surface area contributed by atoms with Gasteiger partial charge < -0.3 is 10.5 Å². The molecule has 156 valence electrons. The van der Waals surface area contributed by atoms with Gasteiger partial charge in [-0.2, -0.15) is 0 Å². The molecule has 3 aromatic heterocycles. The van der Waals surface area contributed by atoms with Crippen molar-refractivity contribution in [2.45, 2.75) is 27.7 Å². The van der Waals surface area contributed by atoms with Gasteiger partial charge in [-0.05, 0) is 36.4 Å². The van der Waals surface area contributed by atoms with E-state index in [0.717, 1.165) is 5.69 Å². The number of nitrogen functional groups attached to an aromatic ring is 1. The summed E-state index contributed by atoms with van der Waals surface area (Å²) >= 11 is 0. The second kappa shape index (κ2) is 10.7. The summed E-state index contributed by atoms with van der Waals surface area (Å²) < 4.78 is 6.59. The molecule has 0 unspecified atom stereocenters. The van der Waals surface area contributed by atoms with Gasteiger partial charge in [0.15, 0.2) is 11.5 Å². The van der Waals surface area contributed by atoms with Gasteiger partial charge in [0, 0.05) is 11.9 Å². The Bertz CT molecular complexity index is 1110. The number of nitrogens with two attached hydrogens (primary N) is 1. The molecule has 0 atom stereocenters. The monoisotopic (exact) mass is 406 g/mol. The molecule has 0 aliphatic heterocycles. The third kappa shape index (κ3) is 4.43. The highest BCUT2D eigenvalue weighted by Crippen LogP contribution is 2.29. The predicted octanol–water partition coefficient (Wildman–Crippen LogP) is 4.30. The first-order valence-corrected chi connectivity index (χ1v) is 9.77. The molecule has 0 amide bonds. The highest BCUT2D eigenvalue weighted by Gasteiger charge is 2.18. The number of imidazole rings is 1. The van der Waals surface area contributed by atoms with Gasteiger partial charge in [-0.25, -0.2) is 24.7 Å². The summed E-state index contributed by atoms with van der Waals surface area (Å²) in [5.74, 6) is 0.561. The molecule has 8 heteroatoms. The molecule has 0 bridgehead atoms. The number of hydrogen-bond donors (Lipinski definition) is 1. The number of ether oxygens (including phenoxy) is 1. The first-order valence-electron chi connectivity index (χ1n) is 9.77. The number of hydrogen-bond acceptors (Lipinski definition) is 7. The fourth-order valence-corrected chi connectivity index (χ4v) is 2.73. The Morgan fingerprint density at radius 2 is 1.73 bits per heavy atom. The number of esters is 1. The number of pyridine rings is 1. The van der Waals surface area contributed by atoms with Crippen molar-refractivity contribution in [1.29, 1.82) is 0 Å². The van der Waals surface area contributed by atoms with Crippen LogP contribution in [0.2, 0.25) is 0 Å². The Kier molecular flexibility index (Phi) is 7.99. The highest BCUT2D eigenvalue weighted by atomic mass is 16.5. The number of fused-ring (bicyclic) bond motifs is 1. The lowest BCUT2D eigenvalue weighted by Crippen LogP contribution is -2.04. The van der Waals surface area contributed by atoms with Crippen LogP contribution in [0, 0.1) is 0 Å². The Hall–Kier alpha value is -3.81. The van der Waals surface area contributed by atoms with Gasteiger partial charge in [0.25, 0.3) is 0 Å². The molecule has 0 fully saturated rings. The van der Waals surface area contributed by atoms with Gasteiger partial charge in [0.05, 0.1) is 24.4 Å². The first kappa shape index (κ1) is 22.5. The van der Waals surface area contributed by atoms with Gasteiger partial charge in [-0.3, -0.25) is 4.57 Å². The Balaban J connectivity index is 0.000000757. The zero-order valence-electron chi connectivity index (χ0n) is 17.8. The van der Waals surface area contributed by atoms with Crippen molar-refractivity contribution < 1.29 is 9.53 Å². The van der Waals surface area contributed by atoms with E-state index in [-0.39, 0.29) is 0 Å². The summed E-state index contributed by atoms with van der Waals surface area (Å²) in [4.78, 5) is 28.8. The molecule has 0 aliphatic carbocycles. The molecule has 0 spiro atoms. The number of nitrogens with zero attached hydrogens (tertiary/aromatic N) is 5. The number of methoxy groups -OCH3 is 1. The van der Waals surface area contributed by atoms with Gasteiger partial charge in [-0.1, -0.05) is 27.7 Å². The van der Waals surface area contributed by atoms with Crippen molar-refractivity contribution in [3.05, 3.63) is 60.7 Å². The van der Waals surface area contributed by atoms with E-state index in [1.54, 1.807) is 42.7 Å². The third-order valence-corrected chi connectivity index (χ3v) is 3.95. The first-order chi connectivity index (χ1) is 14.7. The summed E-state index contributed by atoms with van der Waals surface area (Å²) in [6.45, 7) is 8.00. The molecule has 4 aromatic rings. The van der Waals surface area contributed by atoms with Crippen LogP contribution in [-0.2, 0) is 4.74 Å². The van der Waals surface area contributed by atoms with E-state index in [4.69, 9.17) is 10.5 Å². The lowest BCUT2D eigenvalue weighted by Gasteiger charge is -2.10. The molecule has 1 aromatic carbocycles. The van der Waals surface area contributed by atoms with Crippen molar-refractivity contribution in [2.24, 2.45) is 0 Å². The Morgan fingerprint density at radius 3 is 2.37 bits per heavy atom. The fraction of sp³-hybridized carbons (Fsp3) is 0.227. The molecular formula is C22H26N6O2.